The van der Waals surface area contributed by atoms with E-state index in [0.717, 1.165) is 0 Å². The average molecular weight is 343 g/mol. The van der Waals surface area contributed by atoms with Crippen molar-refractivity contribution in [3.8, 4) is 0 Å². The monoisotopic (exact) mass is 343 g/mol. The van der Waals surface area contributed by atoms with Crippen LogP contribution in [0.25, 0.3) is 0 Å². The van der Waals surface area contributed by atoms with Gasteiger partial charge in [-0.25, -0.2) is 0 Å². The predicted octanol–water partition coefficient (Wildman–Crippen LogP) is 1.64. The Kier molecular flexibility index (Phi) is 6.47. The van der Waals surface area contributed by atoms with E-state index in [4.69, 9.17) is 0 Å². The van der Waals surface area contributed by atoms with Gasteiger partial charge in [0.05, 0.1) is 11.1 Å². The number of fused-ring (bicyclic) bond motifs is 1. The van der Waals surface area contributed by atoms with Crippen LogP contribution in [0, 0.1) is 0 Å². The molecular formula is C19H25N3O3. The van der Waals surface area contributed by atoms with Gasteiger partial charge in [0, 0.05) is 39.6 Å². The molecule has 0 saturated heterocycles. The minimum Gasteiger partial charge on any atom is -0.344 e. The number of carbonyl (C=O) groups is 3. The van der Waals surface area contributed by atoms with Gasteiger partial charge >= 0.3 is 0 Å². The Bertz CT molecular complexity index is 637. The normalized spacial score (nSPS) is 13.3. The lowest BCUT2D eigenvalue weighted by Crippen LogP contribution is -2.40. The fourth-order valence-corrected chi connectivity index (χ4v) is 2.69. The van der Waals surface area contributed by atoms with E-state index in [2.05, 4.69) is 6.58 Å². The quantitative estimate of drug-likeness (QED) is 0.505. The summed E-state index contributed by atoms with van der Waals surface area (Å²) in [5.74, 6) is -0.370. The predicted molar refractivity (Wildman–Crippen MR) is 96.4 cm³/mol. The Morgan fingerprint density at radius 1 is 1.08 bits per heavy atom. The molecule has 1 aromatic rings. The van der Waals surface area contributed by atoms with Crippen LogP contribution in [-0.4, -0.2) is 72.7 Å². The highest BCUT2D eigenvalue weighted by molar-refractivity contribution is 6.21. The van der Waals surface area contributed by atoms with E-state index < -0.39 is 0 Å². The SMILES string of the molecule is C=CCCC(=O)N(C)CCN(C)CCN1C(=O)c2ccccc2C1=O. The molecular weight excluding hydrogens is 318 g/mol. The maximum Gasteiger partial charge on any atom is 0.261 e. The van der Waals surface area contributed by atoms with Gasteiger partial charge in [-0.05, 0) is 25.6 Å². The number of likely N-dealkylation sites (N-methyl/N-ethyl adjacent to an activating group) is 2. The van der Waals surface area contributed by atoms with Crippen LogP contribution in [0.3, 0.4) is 0 Å². The Hall–Kier alpha value is -2.47. The van der Waals surface area contributed by atoms with Crippen molar-refractivity contribution in [2.75, 3.05) is 40.3 Å². The average Bonchev–Trinajstić information content (AvgIpc) is 2.86. The van der Waals surface area contributed by atoms with Crippen molar-refractivity contribution in [2.45, 2.75) is 12.8 Å². The summed E-state index contributed by atoms with van der Waals surface area (Å²) in [6.07, 6.45) is 2.89. The number of nitrogens with zero attached hydrogens (tertiary/aromatic N) is 3. The van der Waals surface area contributed by atoms with E-state index in [9.17, 15) is 14.4 Å². The summed E-state index contributed by atoms with van der Waals surface area (Å²) < 4.78 is 0. The van der Waals surface area contributed by atoms with E-state index >= 15 is 0 Å². The molecule has 1 heterocycles. The van der Waals surface area contributed by atoms with Crippen molar-refractivity contribution in [2.24, 2.45) is 0 Å². The molecule has 1 aromatic carbocycles. The molecule has 6 nitrogen and oxygen atoms in total. The molecule has 6 heteroatoms. The molecule has 1 aliphatic heterocycles. The lowest BCUT2D eigenvalue weighted by atomic mass is 10.1. The summed E-state index contributed by atoms with van der Waals surface area (Å²) in [5, 5.41) is 0. The van der Waals surface area contributed by atoms with E-state index in [1.807, 2.05) is 11.9 Å². The van der Waals surface area contributed by atoms with Gasteiger partial charge in [-0.2, -0.15) is 0 Å². The lowest BCUT2D eigenvalue weighted by molar-refractivity contribution is -0.129. The topological polar surface area (TPSA) is 60.9 Å². The number of imide groups is 1. The Labute approximate surface area is 148 Å². The van der Waals surface area contributed by atoms with Crippen LogP contribution in [-0.2, 0) is 4.79 Å². The maximum absolute atomic E-state index is 12.3. The molecule has 0 atom stereocenters. The molecule has 0 aliphatic carbocycles. The number of benzene rings is 1. The number of rotatable bonds is 9. The van der Waals surface area contributed by atoms with Gasteiger partial charge in [0.15, 0.2) is 0 Å². The summed E-state index contributed by atoms with van der Waals surface area (Å²) in [6.45, 7) is 5.82. The maximum atomic E-state index is 12.3. The lowest BCUT2D eigenvalue weighted by Gasteiger charge is -2.23. The molecule has 134 valence electrons. The van der Waals surface area contributed by atoms with Crippen LogP contribution >= 0.6 is 0 Å². The highest BCUT2D eigenvalue weighted by atomic mass is 16.2. The number of hydrogen-bond acceptors (Lipinski definition) is 4. The molecule has 0 spiro atoms. The summed E-state index contributed by atoms with van der Waals surface area (Å²) in [5.41, 5.74) is 0.949. The molecule has 0 unspecified atom stereocenters. The summed E-state index contributed by atoms with van der Waals surface area (Å²) >= 11 is 0. The van der Waals surface area contributed by atoms with Crippen molar-refractivity contribution in [1.29, 1.82) is 0 Å². The summed E-state index contributed by atoms with van der Waals surface area (Å²) in [6, 6.07) is 6.89. The van der Waals surface area contributed by atoms with Crippen LogP contribution in [0.4, 0.5) is 0 Å². The molecule has 1 aliphatic rings. The summed E-state index contributed by atoms with van der Waals surface area (Å²) in [7, 11) is 3.70. The Morgan fingerprint density at radius 2 is 1.68 bits per heavy atom. The van der Waals surface area contributed by atoms with E-state index in [0.29, 0.717) is 50.1 Å². The van der Waals surface area contributed by atoms with E-state index in [1.54, 1.807) is 42.3 Å². The van der Waals surface area contributed by atoms with Crippen molar-refractivity contribution in [3.63, 3.8) is 0 Å². The second-order valence-electron chi connectivity index (χ2n) is 6.25. The van der Waals surface area contributed by atoms with E-state index in [-0.39, 0.29) is 17.7 Å². The van der Waals surface area contributed by atoms with Crippen LogP contribution in [0.2, 0.25) is 0 Å². The molecule has 2 rings (SSSR count). The number of hydrogen-bond donors (Lipinski definition) is 0. The first-order valence-corrected chi connectivity index (χ1v) is 8.44. The fraction of sp³-hybridized carbons (Fsp3) is 0.421. The zero-order valence-corrected chi connectivity index (χ0v) is 14.9. The first-order chi connectivity index (χ1) is 12.0. The van der Waals surface area contributed by atoms with Crippen molar-refractivity contribution in [3.05, 3.63) is 48.0 Å². The van der Waals surface area contributed by atoms with Crippen LogP contribution in [0.15, 0.2) is 36.9 Å². The van der Waals surface area contributed by atoms with Crippen LogP contribution in [0.1, 0.15) is 33.6 Å². The second kappa shape index (κ2) is 8.58. The number of amides is 3. The Balaban J connectivity index is 1.78. The van der Waals surface area contributed by atoms with Crippen molar-refractivity contribution >= 4 is 17.7 Å². The highest BCUT2D eigenvalue weighted by Gasteiger charge is 2.34. The van der Waals surface area contributed by atoms with Gasteiger partial charge in [-0.3, -0.25) is 19.3 Å². The molecule has 0 aromatic heterocycles. The molecule has 0 saturated carbocycles. The first-order valence-electron chi connectivity index (χ1n) is 8.44. The molecule has 0 bridgehead atoms. The third-order valence-electron chi connectivity index (χ3n) is 4.39. The minimum atomic E-state index is -0.231. The first kappa shape index (κ1) is 18.9. The van der Waals surface area contributed by atoms with Gasteiger partial charge in [-0.1, -0.05) is 18.2 Å². The fourth-order valence-electron chi connectivity index (χ4n) is 2.69. The zero-order valence-electron chi connectivity index (χ0n) is 14.9. The third kappa shape index (κ3) is 4.54. The van der Waals surface area contributed by atoms with Gasteiger partial charge in [0.1, 0.15) is 0 Å². The largest absolute Gasteiger partial charge is 0.344 e. The highest BCUT2D eigenvalue weighted by Crippen LogP contribution is 2.21. The summed E-state index contributed by atoms with van der Waals surface area (Å²) in [4.78, 5) is 41.5. The number of allylic oxidation sites excluding steroid dienone is 1. The minimum absolute atomic E-state index is 0.0913. The van der Waals surface area contributed by atoms with Crippen molar-refractivity contribution < 1.29 is 14.4 Å². The molecule has 3 amide bonds. The standard InChI is InChI=1S/C19H25N3O3/c1-4-5-10-17(23)21(3)13-11-20(2)12-14-22-18(24)15-8-6-7-9-16(15)19(22)25/h4,6-9H,1,5,10-14H2,2-3H3. The zero-order chi connectivity index (χ0) is 18.4. The molecule has 0 fully saturated rings. The second-order valence-corrected chi connectivity index (χ2v) is 6.25. The van der Waals surface area contributed by atoms with Crippen LogP contribution < -0.4 is 0 Å². The third-order valence-corrected chi connectivity index (χ3v) is 4.39. The number of carbonyl (C=O) groups excluding carboxylic acids is 3. The molecule has 0 N–H and O–H groups in total. The molecule has 25 heavy (non-hydrogen) atoms. The smallest absolute Gasteiger partial charge is 0.261 e. The molecule has 0 radical (unpaired) electrons. The van der Waals surface area contributed by atoms with Crippen molar-refractivity contribution in [1.82, 2.24) is 14.7 Å². The van der Waals surface area contributed by atoms with Gasteiger partial charge in [0.2, 0.25) is 5.91 Å². The van der Waals surface area contributed by atoms with Gasteiger partial charge in [-0.15, -0.1) is 6.58 Å². The van der Waals surface area contributed by atoms with Crippen LogP contribution in [0.5, 0.6) is 0 Å². The van der Waals surface area contributed by atoms with Gasteiger partial charge in [0.25, 0.3) is 11.8 Å². The van der Waals surface area contributed by atoms with E-state index in [1.165, 1.54) is 4.90 Å². The van der Waals surface area contributed by atoms with Gasteiger partial charge < -0.3 is 9.80 Å². The Morgan fingerprint density at radius 3 is 2.24 bits per heavy atom.